The van der Waals surface area contributed by atoms with E-state index in [1.165, 1.54) is 16.6 Å². The number of rotatable bonds is 7. The Morgan fingerprint density at radius 2 is 2.02 bits per heavy atom. The molecule has 1 aromatic heterocycles. The van der Waals surface area contributed by atoms with Gasteiger partial charge < -0.3 is 29.6 Å². The number of fused-ring (bicyclic) bond motifs is 9. The average Bonchev–Trinajstić information content (AvgIpc) is 3.46. The van der Waals surface area contributed by atoms with Crippen molar-refractivity contribution in [2.24, 2.45) is 16.3 Å². The fourth-order valence-corrected chi connectivity index (χ4v) is 8.91. The highest BCUT2D eigenvalue weighted by atomic mass is 16.7. The molecular formula is C34H47N3O5. The van der Waals surface area contributed by atoms with Crippen LogP contribution in [0.15, 0.2) is 40.9 Å². The van der Waals surface area contributed by atoms with Crippen LogP contribution in [0.3, 0.4) is 0 Å². The van der Waals surface area contributed by atoms with Crippen molar-refractivity contribution in [1.29, 1.82) is 0 Å². The van der Waals surface area contributed by atoms with Crippen molar-refractivity contribution in [2.45, 2.75) is 109 Å². The van der Waals surface area contributed by atoms with Crippen LogP contribution in [0.1, 0.15) is 78.5 Å². The number of hydrogen-bond donors (Lipinski definition) is 3. The summed E-state index contributed by atoms with van der Waals surface area (Å²) in [7, 11) is 1.76. The van der Waals surface area contributed by atoms with Gasteiger partial charge in [0.25, 0.3) is 0 Å². The third-order valence-electron chi connectivity index (χ3n) is 11.1. The standard InChI is InChI=1S/C34H47N3O5/c1-8-15-36-29(38)19-40-28-17-22-16-24-23-11-9-10-12-25(23)37-30(24)32(22,6)31(5)13-14-33(41-20(2)3)27(34(28,31)39)18-26(35-7)21(4)42-33/h9-12,18,20-22,28,37,39H,8,13-17,19H2,1-7H3,(H,36,38)/b35-26-/t21?,22-,28+,31?,32-,33-,34+/m1/s1. The van der Waals surface area contributed by atoms with E-state index in [9.17, 15) is 9.90 Å². The Hall–Kier alpha value is -2.52. The van der Waals surface area contributed by atoms with Crippen LogP contribution in [0, 0.1) is 11.3 Å². The molecule has 1 amide bonds. The fraction of sp³-hybridized carbons (Fsp3) is 0.647. The first kappa shape index (κ1) is 29.5. The summed E-state index contributed by atoms with van der Waals surface area (Å²) in [6.45, 7) is 13.0. The number of amides is 1. The number of nitrogens with zero attached hydrogens (tertiary/aromatic N) is 1. The van der Waals surface area contributed by atoms with E-state index >= 15 is 0 Å². The van der Waals surface area contributed by atoms with Crippen LogP contribution in [0.5, 0.6) is 0 Å². The number of benzene rings is 1. The number of aromatic nitrogens is 1. The van der Waals surface area contributed by atoms with Crippen molar-refractivity contribution in [1.82, 2.24) is 10.3 Å². The number of aliphatic imine (C=N–C) groups is 1. The van der Waals surface area contributed by atoms with E-state index < -0.39 is 28.3 Å². The topological polar surface area (TPSA) is 105 Å². The van der Waals surface area contributed by atoms with Gasteiger partial charge in [-0.05, 0) is 70.1 Å². The van der Waals surface area contributed by atoms with E-state index in [2.05, 4.69) is 53.4 Å². The monoisotopic (exact) mass is 577 g/mol. The predicted octanol–water partition coefficient (Wildman–Crippen LogP) is 4.98. The number of nitrogens with one attached hydrogen (secondary N) is 2. The number of H-pyrrole nitrogens is 1. The summed E-state index contributed by atoms with van der Waals surface area (Å²) in [6.07, 6.45) is 4.54. The fourth-order valence-electron chi connectivity index (χ4n) is 8.91. The zero-order valence-electron chi connectivity index (χ0n) is 26.2. The molecule has 2 unspecified atom stereocenters. The molecule has 3 aliphatic carbocycles. The van der Waals surface area contributed by atoms with Crippen LogP contribution >= 0.6 is 0 Å². The maximum atomic E-state index is 13.5. The third kappa shape index (κ3) is 3.94. The second kappa shape index (κ2) is 10.3. The van der Waals surface area contributed by atoms with Crippen LogP contribution in [0.2, 0.25) is 0 Å². The first-order chi connectivity index (χ1) is 19.9. The van der Waals surface area contributed by atoms with Gasteiger partial charge in [-0.25, -0.2) is 0 Å². The van der Waals surface area contributed by atoms with Gasteiger partial charge in [-0.1, -0.05) is 39.0 Å². The maximum absolute atomic E-state index is 13.5. The van der Waals surface area contributed by atoms with Gasteiger partial charge in [-0.3, -0.25) is 9.79 Å². The van der Waals surface area contributed by atoms with Gasteiger partial charge in [0.2, 0.25) is 5.91 Å². The summed E-state index contributed by atoms with van der Waals surface area (Å²) in [5.41, 5.74) is 2.54. The Balaban J connectivity index is 1.54. The van der Waals surface area contributed by atoms with Gasteiger partial charge in [0, 0.05) is 53.0 Å². The molecule has 7 atom stereocenters. The van der Waals surface area contributed by atoms with Gasteiger partial charge >= 0.3 is 0 Å². The van der Waals surface area contributed by atoms with E-state index in [-0.39, 0.29) is 30.6 Å². The molecule has 6 rings (SSSR count). The molecule has 3 N–H and O–H groups in total. The highest BCUT2D eigenvalue weighted by Gasteiger charge is 2.76. The number of aliphatic hydroxyl groups is 1. The molecule has 2 heterocycles. The van der Waals surface area contributed by atoms with Crippen molar-refractivity contribution < 1.29 is 24.1 Å². The van der Waals surface area contributed by atoms with Gasteiger partial charge in [0.05, 0.1) is 24.0 Å². The Kier molecular flexibility index (Phi) is 7.24. The summed E-state index contributed by atoms with van der Waals surface area (Å²) < 4.78 is 19.9. The zero-order valence-corrected chi connectivity index (χ0v) is 26.2. The Morgan fingerprint density at radius 3 is 2.74 bits per heavy atom. The van der Waals surface area contributed by atoms with Crippen molar-refractivity contribution >= 4 is 22.5 Å². The smallest absolute Gasteiger partial charge is 0.246 e. The second-order valence-corrected chi connectivity index (χ2v) is 13.5. The molecule has 0 bridgehead atoms. The Morgan fingerprint density at radius 1 is 1.26 bits per heavy atom. The minimum atomic E-state index is -1.49. The van der Waals surface area contributed by atoms with Crippen LogP contribution in [-0.4, -0.2) is 71.6 Å². The number of para-hydroxylation sites is 1. The molecule has 1 aliphatic heterocycles. The van der Waals surface area contributed by atoms with Gasteiger partial charge in [0.15, 0.2) is 5.79 Å². The molecule has 1 aromatic carbocycles. The lowest BCUT2D eigenvalue weighted by Gasteiger charge is -2.68. The molecule has 0 saturated heterocycles. The molecule has 2 aromatic rings. The quantitative estimate of drug-likeness (QED) is 0.431. The molecule has 228 valence electrons. The van der Waals surface area contributed by atoms with Crippen LogP contribution in [0.4, 0.5) is 0 Å². The van der Waals surface area contributed by atoms with Crippen LogP contribution in [-0.2, 0) is 30.8 Å². The van der Waals surface area contributed by atoms with E-state index in [0.717, 1.165) is 24.1 Å². The molecule has 4 aliphatic rings. The summed E-state index contributed by atoms with van der Waals surface area (Å²) in [5, 5.41) is 17.7. The van der Waals surface area contributed by atoms with Gasteiger partial charge in [0.1, 0.15) is 12.2 Å². The van der Waals surface area contributed by atoms with E-state index in [4.69, 9.17) is 14.2 Å². The molecule has 8 nitrogen and oxygen atoms in total. The van der Waals surface area contributed by atoms with Gasteiger partial charge in [-0.2, -0.15) is 0 Å². The Bertz CT molecular complexity index is 1450. The molecule has 0 spiro atoms. The molecule has 2 fully saturated rings. The third-order valence-corrected chi connectivity index (χ3v) is 11.1. The summed E-state index contributed by atoms with van der Waals surface area (Å²) >= 11 is 0. The first-order valence-corrected chi connectivity index (χ1v) is 15.7. The lowest BCUT2D eigenvalue weighted by molar-refractivity contribution is -0.311. The van der Waals surface area contributed by atoms with Gasteiger partial charge in [-0.15, -0.1) is 0 Å². The molecular weight excluding hydrogens is 530 g/mol. The number of hydrogen-bond acceptors (Lipinski definition) is 6. The lowest BCUT2D eigenvalue weighted by Crippen LogP contribution is -2.75. The van der Waals surface area contributed by atoms with E-state index in [0.29, 0.717) is 31.4 Å². The highest BCUT2D eigenvalue weighted by Crippen LogP contribution is 2.71. The largest absolute Gasteiger partial charge is 0.382 e. The average molecular weight is 578 g/mol. The van der Waals surface area contributed by atoms with Crippen LogP contribution in [0.25, 0.3) is 10.9 Å². The molecule has 42 heavy (non-hydrogen) atoms. The predicted molar refractivity (Wildman–Crippen MR) is 164 cm³/mol. The lowest BCUT2D eigenvalue weighted by atomic mass is 9.41. The number of aromatic amines is 1. The normalized spacial score (nSPS) is 38.2. The second-order valence-electron chi connectivity index (χ2n) is 13.5. The Labute approximate surface area is 249 Å². The zero-order chi connectivity index (χ0) is 30.1. The van der Waals surface area contributed by atoms with Crippen molar-refractivity contribution in [3.8, 4) is 0 Å². The summed E-state index contributed by atoms with van der Waals surface area (Å²) in [4.78, 5) is 21.1. The molecule has 2 saturated carbocycles. The van der Waals surface area contributed by atoms with E-state index in [1.807, 2.05) is 33.8 Å². The minimum Gasteiger partial charge on any atom is -0.382 e. The number of carbonyl (C=O) groups is 1. The summed E-state index contributed by atoms with van der Waals surface area (Å²) in [6, 6.07) is 8.48. The highest BCUT2D eigenvalue weighted by molar-refractivity contribution is 6.00. The molecule has 0 radical (unpaired) electrons. The maximum Gasteiger partial charge on any atom is 0.246 e. The SMILES string of the molecule is CCCNC(=O)CO[C@H]1C[C@H]2Cc3c([nH]c4ccccc34)[C@]2(C)C2(C)CC[C@@]3(OC(C)C)OC(C)/C(=N\C)C=C3[C@]12O. The number of carbonyl (C=O) groups excluding carboxylic acids is 1. The van der Waals surface area contributed by atoms with Crippen molar-refractivity contribution in [2.75, 3.05) is 20.2 Å². The van der Waals surface area contributed by atoms with Crippen molar-refractivity contribution in [3.05, 3.63) is 47.2 Å². The minimum absolute atomic E-state index is 0.113. The van der Waals surface area contributed by atoms with Crippen molar-refractivity contribution in [3.63, 3.8) is 0 Å². The number of ether oxygens (including phenoxy) is 3. The first-order valence-electron chi connectivity index (χ1n) is 15.7. The molecule has 8 heteroatoms. The van der Waals surface area contributed by atoms with Crippen LogP contribution < -0.4 is 5.32 Å². The summed E-state index contributed by atoms with van der Waals surface area (Å²) in [5.74, 6) is -1.07. The van der Waals surface area contributed by atoms with E-state index in [1.54, 1.807) is 7.05 Å².